The van der Waals surface area contributed by atoms with Gasteiger partial charge in [-0.15, -0.1) is 35.3 Å². The van der Waals surface area contributed by atoms with E-state index in [0.717, 1.165) is 24.6 Å². The molecular weight excluding hydrogens is 449 g/mol. The van der Waals surface area contributed by atoms with Crippen molar-refractivity contribution in [2.45, 2.75) is 53.5 Å². The molecule has 0 saturated heterocycles. The fraction of sp³-hybridized carbons (Fsp3) is 0.706. The Bertz CT molecular complexity index is 533. The van der Waals surface area contributed by atoms with Gasteiger partial charge < -0.3 is 16.0 Å². The van der Waals surface area contributed by atoms with E-state index in [1.54, 1.807) is 5.51 Å². The number of carbonyl (C=O) groups excluding carboxylic acids is 1. The van der Waals surface area contributed by atoms with Crippen LogP contribution in [0.15, 0.2) is 10.5 Å². The summed E-state index contributed by atoms with van der Waals surface area (Å²) in [6.45, 7) is 12.4. The van der Waals surface area contributed by atoms with Gasteiger partial charge in [0.05, 0.1) is 17.7 Å². The summed E-state index contributed by atoms with van der Waals surface area (Å²) in [4.78, 5) is 21.3. The third-order valence-electron chi connectivity index (χ3n) is 3.52. The number of hydrogen-bond donors (Lipinski definition) is 3. The van der Waals surface area contributed by atoms with Gasteiger partial charge in [0.25, 0.3) is 5.91 Å². The fourth-order valence-electron chi connectivity index (χ4n) is 2.15. The average molecular weight is 481 g/mol. The number of carbonyl (C=O) groups is 1. The number of thiazole rings is 1. The Hall–Kier alpha value is -0.900. The zero-order chi connectivity index (χ0) is 17.9. The molecule has 0 fully saturated rings. The number of nitrogens with zero attached hydrogens (tertiary/aromatic N) is 2. The molecule has 1 rings (SSSR count). The van der Waals surface area contributed by atoms with Crippen molar-refractivity contribution in [1.29, 1.82) is 0 Å². The molecule has 144 valence electrons. The van der Waals surface area contributed by atoms with Crippen molar-refractivity contribution in [3.8, 4) is 0 Å². The molecule has 1 aromatic heterocycles. The number of aliphatic imine (C=N–C) groups is 1. The van der Waals surface area contributed by atoms with Crippen LogP contribution in [0.4, 0.5) is 0 Å². The Morgan fingerprint density at radius 3 is 2.56 bits per heavy atom. The summed E-state index contributed by atoms with van der Waals surface area (Å²) >= 11 is 1.36. The second kappa shape index (κ2) is 13.3. The summed E-state index contributed by atoms with van der Waals surface area (Å²) < 4.78 is 0. The number of amides is 1. The first-order chi connectivity index (χ1) is 11.4. The Morgan fingerprint density at radius 1 is 1.28 bits per heavy atom. The van der Waals surface area contributed by atoms with Gasteiger partial charge in [-0.25, -0.2) is 4.98 Å². The predicted molar refractivity (Wildman–Crippen MR) is 117 cm³/mol. The van der Waals surface area contributed by atoms with Crippen LogP contribution in [0.5, 0.6) is 0 Å². The van der Waals surface area contributed by atoms with Crippen LogP contribution in [0.25, 0.3) is 0 Å². The summed E-state index contributed by atoms with van der Waals surface area (Å²) in [6.07, 6.45) is 2.31. The van der Waals surface area contributed by atoms with Crippen molar-refractivity contribution in [3.05, 3.63) is 16.1 Å². The van der Waals surface area contributed by atoms with Crippen LogP contribution in [0, 0.1) is 12.8 Å². The first-order valence-electron chi connectivity index (χ1n) is 8.67. The molecule has 0 radical (unpaired) electrons. The highest BCUT2D eigenvalue weighted by Crippen LogP contribution is 2.11. The standard InChI is InChI=1S/C17H31N5OS.HI/c1-6-18-17(22-13(4)8-7-12(2)3)20-10-9-19-16(23)15-14(5)21-11-24-15;/h11-13H,6-10H2,1-5H3,(H,19,23)(H2,18,20,22);1H. The van der Waals surface area contributed by atoms with Crippen molar-refractivity contribution >= 4 is 47.2 Å². The van der Waals surface area contributed by atoms with Gasteiger partial charge in [0.15, 0.2) is 5.96 Å². The number of halogens is 1. The smallest absolute Gasteiger partial charge is 0.263 e. The lowest BCUT2D eigenvalue weighted by Gasteiger charge is -2.18. The Labute approximate surface area is 172 Å². The van der Waals surface area contributed by atoms with Gasteiger partial charge in [-0.05, 0) is 39.5 Å². The van der Waals surface area contributed by atoms with Crippen LogP contribution in [0.3, 0.4) is 0 Å². The Balaban J connectivity index is 0.00000576. The van der Waals surface area contributed by atoms with Crippen molar-refractivity contribution in [1.82, 2.24) is 20.9 Å². The zero-order valence-corrected chi connectivity index (χ0v) is 19.0. The summed E-state index contributed by atoms with van der Waals surface area (Å²) in [5.41, 5.74) is 2.46. The minimum Gasteiger partial charge on any atom is -0.357 e. The number of guanidine groups is 1. The second-order valence-electron chi connectivity index (χ2n) is 6.30. The van der Waals surface area contributed by atoms with Gasteiger partial charge in [-0.2, -0.15) is 0 Å². The van der Waals surface area contributed by atoms with Crippen LogP contribution in [0.2, 0.25) is 0 Å². The Kier molecular flexibility index (Phi) is 12.8. The molecule has 1 aromatic rings. The lowest BCUT2D eigenvalue weighted by atomic mass is 10.0. The van der Waals surface area contributed by atoms with Gasteiger partial charge >= 0.3 is 0 Å². The molecule has 8 heteroatoms. The van der Waals surface area contributed by atoms with E-state index in [4.69, 9.17) is 0 Å². The first kappa shape index (κ1) is 24.1. The normalized spacial score (nSPS) is 12.5. The first-order valence-corrected chi connectivity index (χ1v) is 9.55. The maximum absolute atomic E-state index is 12.0. The van der Waals surface area contributed by atoms with E-state index in [1.807, 2.05) is 13.8 Å². The molecule has 6 nitrogen and oxygen atoms in total. The lowest BCUT2D eigenvalue weighted by molar-refractivity contribution is 0.0958. The van der Waals surface area contributed by atoms with E-state index in [9.17, 15) is 4.79 Å². The van der Waals surface area contributed by atoms with Crippen molar-refractivity contribution in [2.24, 2.45) is 10.9 Å². The summed E-state index contributed by atoms with van der Waals surface area (Å²) in [5, 5.41) is 9.55. The number of rotatable bonds is 9. The molecule has 0 bridgehead atoms. The van der Waals surface area contributed by atoms with Crippen LogP contribution >= 0.6 is 35.3 Å². The van der Waals surface area contributed by atoms with Gasteiger partial charge in [0, 0.05) is 19.1 Å². The second-order valence-corrected chi connectivity index (χ2v) is 7.15. The van der Waals surface area contributed by atoms with Crippen LogP contribution in [0.1, 0.15) is 55.9 Å². The molecule has 0 aliphatic heterocycles. The van der Waals surface area contributed by atoms with E-state index in [2.05, 4.69) is 46.7 Å². The molecule has 1 heterocycles. The van der Waals surface area contributed by atoms with Crippen molar-refractivity contribution in [3.63, 3.8) is 0 Å². The predicted octanol–water partition coefficient (Wildman–Crippen LogP) is 3.18. The summed E-state index contributed by atoms with van der Waals surface area (Å²) in [5.74, 6) is 1.43. The van der Waals surface area contributed by atoms with Crippen LogP contribution < -0.4 is 16.0 Å². The summed E-state index contributed by atoms with van der Waals surface area (Å²) in [6, 6.07) is 0.375. The molecule has 1 amide bonds. The van der Waals surface area contributed by atoms with Gasteiger partial charge in [-0.1, -0.05) is 13.8 Å². The molecular formula is C17H32IN5OS. The molecule has 1 atom stereocenters. The maximum Gasteiger partial charge on any atom is 0.263 e. The molecule has 3 N–H and O–H groups in total. The van der Waals surface area contributed by atoms with Crippen LogP contribution in [-0.4, -0.2) is 42.5 Å². The van der Waals surface area contributed by atoms with Gasteiger partial charge in [0.2, 0.25) is 0 Å². The molecule has 1 unspecified atom stereocenters. The third-order valence-corrected chi connectivity index (χ3v) is 4.45. The van der Waals surface area contributed by atoms with Crippen molar-refractivity contribution < 1.29 is 4.79 Å². The van der Waals surface area contributed by atoms with Crippen LogP contribution in [-0.2, 0) is 0 Å². The highest BCUT2D eigenvalue weighted by atomic mass is 127. The van der Waals surface area contributed by atoms with E-state index < -0.39 is 0 Å². The topological polar surface area (TPSA) is 78.4 Å². The zero-order valence-electron chi connectivity index (χ0n) is 15.9. The summed E-state index contributed by atoms with van der Waals surface area (Å²) in [7, 11) is 0. The van der Waals surface area contributed by atoms with Gasteiger partial charge in [-0.3, -0.25) is 9.79 Å². The maximum atomic E-state index is 12.0. The van der Waals surface area contributed by atoms with E-state index >= 15 is 0 Å². The largest absolute Gasteiger partial charge is 0.357 e. The molecule has 0 aliphatic carbocycles. The number of aryl methyl sites for hydroxylation is 1. The minimum absolute atomic E-state index is 0. The monoisotopic (exact) mass is 481 g/mol. The molecule has 0 aromatic carbocycles. The quantitative estimate of drug-likeness (QED) is 0.219. The number of aromatic nitrogens is 1. The van der Waals surface area contributed by atoms with E-state index in [1.165, 1.54) is 17.8 Å². The third kappa shape index (κ3) is 9.98. The molecule has 0 saturated carbocycles. The van der Waals surface area contributed by atoms with E-state index in [-0.39, 0.29) is 29.9 Å². The molecule has 25 heavy (non-hydrogen) atoms. The highest BCUT2D eigenvalue weighted by molar-refractivity contribution is 14.0. The number of nitrogens with one attached hydrogen (secondary N) is 3. The van der Waals surface area contributed by atoms with Gasteiger partial charge in [0.1, 0.15) is 4.88 Å². The average Bonchev–Trinajstić information content (AvgIpc) is 2.95. The SMILES string of the molecule is CCNC(=NCCNC(=O)c1scnc1C)NC(C)CCC(C)C.I. The minimum atomic E-state index is -0.0755. The lowest BCUT2D eigenvalue weighted by Crippen LogP contribution is -2.42. The molecule has 0 spiro atoms. The van der Waals surface area contributed by atoms with Crippen molar-refractivity contribution in [2.75, 3.05) is 19.6 Å². The fourth-order valence-corrected chi connectivity index (χ4v) is 2.86. The van der Waals surface area contributed by atoms with E-state index in [0.29, 0.717) is 29.9 Å². The highest BCUT2D eigenvalue weighted by Gasteiger charge is 2.10. The number of hydrogen-bond acceptors (Lipinski definition) is 4. The Morgan fingerprint density at radius 2 is 2.00 bits per heavy atom. The molecule has 0 aliphatic rings.